The first-order valence-electron chi connectivity index (χ1n) is 7.52. The number of hydrogen-bond acceptors (Lipinski definition) is 4. The first-order chi connectivity index (χ1) is 12.1. The summed E-state index contributed by atoms with van der Waals surface area (Å²) in [7, 11) is 0. The van der Waals surface area contributed by atoms with Gasteiger partial charge in [-0.3, -0.25) is 0 Å². The largest absolute Gasteiger partial charge is 0.493 e. The molecule has 0 spiro atoms. The molecule has 0 atom stereocenters. The van der Waals surface area contributed by atoms with Crippen molar-refractivity contribution in [2.24, 2.45) is 10.2 Å². The Labute approximate surface area is 167 Å². The number of rotatable bonds is 3. The summed E-state index contributed by atoms with van der Waals surface area (Å²) in [5.41, 5.74) is 1.84. The van der Waals surface area contributed by atoms with E-state index in [1.807, 2.05) is 34.5 Å². The van der Waals surface area contributed by atoms with Crippen LogP contribution in [-0.2, 0) is 0 Å². The highest BCUT2D eigenvalue weighted by atomic mass is 79.9. The Morgan fingerprint density at radius 2 is 1.96 bits per heavy atom. The van der Waals surface area contributed by atoms with Gasteiger partial charge in [0.1, 0.15) is 5.69 Å². The van der Waals surface area contributed by atoms with E-state index in [2.05, 4.69) is 26.2 Å². The van der Waals surface area contributed by atoms with Crippen LogP contribution in [0.25, 0.3) is 10.9 Å². The number of fused-ring (bicyclic) bond motifs is 1. The van der Waals surface area contributed by atoms with E-state index < -0.39 is 0 Å². The van der Waals surface area contributed by atoms with Gasteiger partial charge in [-0.25, -0.2) is 0 Å². The SMILES string of the molecule is Oc1c(N=Nc2cccc(Cl)c2Cl)c2cc(Br)ccc2n1C1CSC1. The summed E-state index contributed by atoms with van der Waals surface area (Å²) in [5.74, 6) is 2.08. The fourth-order valence-corrected chi connectivity index (χ4v) is 4.21. The van der Waals surface area contributed by atoms with Gasteiger partial charge in [0.2, 0.25) is 5.88 Å². The lowest BCUT2D eigenvalue weighted by atomic mass is 10.2. The zero-order valence-corrected chi connectivity index (χ0v) is 16.7. The number of aromatic nitrogens is 1. The van der Waals surface area contributed by atoms with Gasteiger partial charge in [0.05, 0.1) is 21.6 Å². The molecule has 128 valence electrons. The first-order valence-corrected chi connectivity index (χ1v) is 10.2. The van der Waals surface area contributed by atoms with Crippen LogP contribution >= 0.6 is 50.9 Å². The quantitative estimate of drug-likeness (QED) is 0.426. The maximum absolute atomic E-state index is 10.8. The van der Waals surface area contributed by atoms with E-state index >= 15 is 0 Å². The molecule has 0 unspecified atom stereocenters. The van der Waals surface area contributed by atoms with Gasteiger partial charge in [0.25, 0.3) is 0 Å². The van der Waals surface area contributed by atoms with Crippen molar-refractivity contribution in [2.75, 3.05) is 11.5 Å². The Morgan fingerprint density at radius 3 is 2.68 bits per heavy atom. The molecule has 2 aromatic carbocycles. The highest BCUT2D eigenvalue weighted by Gasteiger charge is 2.27. The Morgan fingerprint density at radius 1 is 1.16 bits per heavy atom. The molecule has 25 heavy (non-hydrogen) atoms. The standard InChI is InChI=1S/C17H12BrCl2N3OS/c18-9-4-5-14-11(6-9)16(17(24)23(14)10-7-25-8-10)22-21-13-3-1-2-12(19)15(13)20/h1-6,10,24H,7-8H2. The number of aromatic hydroxyl groups is 1. The van der Waals surface area contributed by atoms with Crippen molar-refractivity contribution >= 4 is 73.2 Å². The van der Waals surface area contributed by atoms with E-state index in [4.69, 9.17) is 23.2 Å². The van der Waals surface area contributed by atoms with Crippen LogP contribution in [0.15, 0.2) is 51.1 Å². The molecule has 1 N–H and O–H groups in total. The topological polar surface area (TPSA) is 49.9 Å². The molecule has 1 fully saturated rings. The lowest BCUT2D eigenvalue weighted by molar-refractivity contribution is 0.406. The van der Waals surface area contributed by atoms with Crippen LogP contribution in [0.5, 0.6) is 5.88 Å². The van der Waals surface area contributed by atoms with Gasteiger partial charge in [-0.15, -0.1) is 10.2 Å². The van der Waals surface area contributed by atoms with Gasteiger partial charge in [0, 0.05) is 21.4 Å². The summed E-state index contributed by atoms with van der Waals surface area (Å²) in [4.78, 5) is 0. The average molecular weight is 457 g/mol. The van der Waals surface area contributed by atoms with Crippen LogP contribution in [-0.4, -0.2) is 21.2 Å². The maximum Gasteiger partial charge on any atom is 0.221 e. The molecule has 0 radical (unpaired) electrons. The molecule has 2 heterocycles. The normalized spacial score (nSPS) is 15.2. The third kappa shape index (κ3) is 3.05. The van der Waals surface area contributed by atoms with Crippen molar-refractivity contribution in [3.05, 3.63) is 50.9 Å². The molecule has 1 aliphatic heterocycles. The van der Waals surface area contributed by atoms with E-state index in [0.29, 0.717) is 21.4 Å². The molecule has 8 heteroatoms. The lowest BCUT2D eigenvalue weighted by Gasteiger charge is -2.27. The minimum atomic E-state index is 0.125. The van der Waals surface area contributed by atoms with Crippen LogP contribution in [0.4, 0.5) is 11.4 Å². The van der Waals surface area contributed by atoms with Gasteiger partial charge >= 0.3 is 0 Å². The van der Waals surface area contributed by atoms with E-state index in [1.54, 1.807) is 18.2 Å². The molecule has 0 bridgehead atoms. The van der Waals surface area contributed by atoms with Gasteiger partial charge in [-0.05, 0) is 30.3 Å². The lowest BCUT2D eigenvalue weighted by Crippen LogP contribution is -2.22. The second-order valence-electron chi connectivity index (χ2n) is 5.67. The van der Waals surface area contributed by atoms with Gasteiger partial charge in [-0.2, -0.15) is 11.8 Å². The molecule has 0 saturated carbocycles. The van der Waals surface area contributed by atoms with E-state index in [1.165, 1.54) is 0 Å². The van der Waals surface area contributed by atoms with Crippen LogP contribution in [0.1, 0.15) is 6.04 Å². The molecule has 4 rings (SSSR count). The molecule has 1 aromatic heterocycles. The van der Waals surface area contributed by atoms with Crippen molar-refractivity contribution in [3.63, 3.8) is 0 Å². The Balaban J connectivity index is 1.86. The monoisotopic (exact) mass is 455 g/mol. The summed E-state index contributed by atoms with van der Waals surface area (Å²) in [6, 6.07) is 11.3. The van der Waals surface area contributed by atoms with E-state index in [0.717, 1.165) is 26.9 Å². The summed E-state index contributed by atoms with van der Waals surface area (Å²) in [5, 5.41) is 20.9. The molecule has 4 nitrogen and oxygen atoms in total. The number of hydrogen-bond donors (Lipinski definition) is 1. The van der Waals surface area contributed by atoms with E-state index in [9.17, 15) is 5.11 Å². The predicted octanol–water partition coefficient (Wildman–Crippen LogP) is 7.12. The molecular formula is C17H12BrCl2N3OS. The molecular weight excluding hydrogens is 445 g/mol. The van der Waals surface area contributed by atoms with Crippen molar-refractivity contribution in [3.8, 4) is 5.88 Å². The second-order valence-corrected chi connectivity index (χ2v) is 8.44. The van der Waals surface area contributed by atoms with Crippen LogP contribution in [0.2, 0.25) is 10.0 Å². The molecule has 3 aromatic rings. The number of thioether (sulfide) groups is 1. The van der Waals surface area contributed by atoms with Crippen LogP contribution in [0.3, 0.4) is 0 Å². The minimum absolute atomic E-state index is 0.125. The van der Waals surface area contributed by atoms with Crippen LogP contribution in [0, 0.1) is 0 Å². The molecule has 1 saturated heterocycles. The summed E-state index contributed by atoms with van der Waals surface area (Å²) in [6.45, 7) is 0. The Kier molecular flexibility index (Phi) is 4.71. The van der Waals surface area contributed by atoms with Gasteiger partial charge in [0.15, 0.2) is 5.69 Å². The first kappa shape index (κ1) is 17.2. The average Bonchev–Trinajstić information content (AvgIpc) is 2.80. The minimum Gasteiger partial charge on any atom is -0.493 e. The fraction of sp³-hybridized carbons (Fsp3) is 0.176. The maximum atomic E-state index is 10.8. The molecule has 0 aliphatic carbocycles. The Bertz CT molecular complexity index is 1000. The van der Waals surface area contributed by atoms with Crippen molar-refractivity contribution in [1.82, 2.24) is 4.57 Å². The smallest absolute Gasteiger partial charge is 0.221 e. The zero-order chi connectivity index (χ0) is 17.6. The summed E-state index contributed by atoms with van der Waals surface area (Å²) < 4.78 is 2.85. The van der Waals surface area contributed by atoms with Crippen molar-refractivity contribution < 1.29 is 5.11 Å². The number of halogens is 3. The third-order valence-corrected chi connectivity index (χ3v) is 6.63. The number of benzene rings is 2. The van der Waals surface area contributed by atoms with Crippen LogP contribution < -0.4 is 0 Å². The highest BCUT2D eigenvalue weighted by Crippen LogP contribution is 2.46. The summed E-state index contributed by atoms with van der Waals surface area (Å²) >= 11 is 17.5. The molecule has 1 aliphatic rings. The molecule has 0 amide bonds. The summed E-state index contributed by atoms with van der Waals surface area (Å²) in [6.07, 6.45) is 0. The Hall–Kier alpha value is -1.21. The van der Waals surface area contributed by atoms with Gasteiger partial charge in [-0.1, -0.05) is 45.2 Å². The van der Waals surface area contributed by atoms with E-state index in [-0.39, 0.29) is 11.9 Å². The fourth-order valence-electron chi connectivity index (χ4n) is 2.77. The zero-order valence-electron chi connectivity index (χ0n) is 12.8. The number of azo groups is 1. The van der Waals surface area contributed by atoms with Crippen molar-refractivity contribution in [2.45, 2.75) is 6.04 Å². The van der Waals surface area contributed by atoms with Gasteiger partial charge < -0.3 is 9.67 Å². The predicted molar refractivity (Wildman–Crippen MR) is 108 cm³/mol. The second kappa shape index (κ2) is 6.83. The number of nitrogens with zero attached hydrogens (tertiary/aromatic N) is 3. The third-order valence-electron chi connectivity index (χ3n) is 4.09. The van der Waals surface area contributed by atoms with Crippen molar-refractivity contribution in [1.29, 1.82) is 0 Å². The highest BCUT2D eigenvalue weighted by molar-refractivity contribution is 9.10.